The normalized spacial score (nSPS) is 12.0. The number of rotatable bonds is 8. The van der Waals surface area contributed by atoms with E-state index in [0.717, 1.165) is 5.56 Å². The summed E-state index contributed by atoms with van der Waals surface area (Å²) in [5.41, 5.74) is 4.19. The lowest BCUT2D eigenvalue weighted by Gasteiger charge is -2.11. The summed E-state index contributed by atoms with van der Waals surface area (Å²) in [4.78, 5) is 50.7. The number of nitrogens with zero attached hydrogens (tertiary/aromatic N) is 3. The molecule has 4 aromatic rings. The Bertz CT molecular complexity index is 1720. The second kappa shape index (κ2) is 11.0. The zero-order valence-corrected chi connectivity index (χ0v) is 22.0. The largest absolute Gasteiger partial charge is 0.324 e. The minimum atomic E-state index is -1.65. The van der Waals surface area contributed by atoms with Crippen molar-refractivity contribution in [2.24, 2.45) is 5.92 Å². The molecule has 10 heteroatoms. The van der Waals surface area contributed by atoms with Gasteiger partial charge in [-0.1, -0.05) is 48.9 Å². The van der Waals surface area contributed by atoms with Crippen LogP contribution in [0.3, 0.4) is 0 Å². The topological polar surface area (TPSA) is 134 Å². The number of fused-ring (bicyclic) bond motifs is 3. The molecule has 40 heavy (non-hydrogen) atoms. The molecule has 0 fully saturated rings. The number of carbonyl (C=O) groups is 4. The van der Waals surface area contributed by atoms with Gasteiger partial charge in [0.2, 0.25) is 17.5 Å². The summed E-state index contributed by atoms with van der Waals surface area (Å²) >= 11 is 6.00. The van der Waals surface area contributed by atoms with Crippen LogP contribution in [-0.2, 0) is 20.8 Å². The number of anilines is 2. The summed E-state index contributed by atoms with van der Waals surface area (Å²) in [6.07, 6.45) is 0.410. The van der Waals surface area contributed by atoms with E-state index in [1.807, 2.05) is 36.4 Å². The Hall–Kier alpha value is -5.07. The van der Waals surface area contributed by atoms with Crippen molar-refractivity contribution in [3.63, 3.8) is 0 Å². The Kier molecular flexibility index (Phi) is 7.27. The Morgan fingerprint density at radius 3 is 2.45 bits per heavy atom. The molecule has 1 heterocycles. The summed E-state index contributed by atoms with van der Waals surface area (Å²) in [5.74, 6) is -4.43. The zero-order valence-electron chi connectivity index (χ0n) is 21.3. The first-order valence-corrected chi connectivity index (χ1v) is 12.8. The Balaban J connectivity index is 1.55. The number of nitriles is 1. The average Bonchev–Trinajstić information content (AvgIpc) is 3.51. The maximum Gasteiger partial charge on any atom is 0.291 e. The van der Waals surface area contributed by atoms with Crippen LogP contribution in [0.5, 0.6) is 0 Å². The summed E-state index contributed by atoms with van der Waals surface area (Å²) in [5, 5.41) is 20.0. The van der Waals surface area contributed by atoms with Gasteiger partial charge in [-0.05, 0) is 48.0 Å². The van der Waals surface area contributed by atoms with Gasteiger partial charge in [0, 0.05) is 40.4 Å². The van der Waals surface area contributed by atoms with Crippen LogP contribution in [0.2, 0.25) is 5.02 Å². The average molecular weight is 552 g/mol. The van der Waals surface area contributed by atoms with E-state index in [1.54, 1.807) is 48.0 Å². The number of aromatic nitrogens is 2. The molecule has 0 radical (unpaired) electrons. The number of amides is 2. The first kappa shape index (κ1) is 26.5. The summed E-state index contributed by atoms with van der Waals surface area (Å²) < 4.78 is 1.60. The van der Waals surface area contributed by atoms with Crippen LogP contribution in [0.15, 0.2) is 72.8 Å². The van der Waals surface area contributed by atoms with Crippen LogP contribution in [0, 0.1) is 17.2 Å². The first-order valence-electron chi connectivity index (χ1n) is 12.5. The second-order valence-corrected chi connectivity index (χ2v) is 9.57. The number of para-hydroxylation sites is 1. The molecule has 2 N–H and O–H groups in total. The van der Waals surface area contributed by atoms with Gasteiger partial charge in [-0.15, -0.1) is 0 Å². The highest BCUT2D eigenvalue weighted by Gasteiger charge is 2.36. The van der Waals surface area contributed by atoms with E-state index in [-0.39, 0.29) is 12.1 Å². The maximum absolute atomic E-state index is 13.7. The lowest BCUT2D eigenvalue weighted by atomic mass is 9.98. The predicted octanol–water partition coefficient (Wildman–Crippen LogP) is 4.98. The minimum Gasteiger partial charge on any atom is -0.324 e. The third-order valence-electron chi connectivity index (χ3n) is 6.53. The van der Waals surface area contributed by atoms with Crippen molar-refractivity contribution in [1.29, 1.82) is 5.26 Å². The summed E-state index contributed by atoms with van der Waals surface area (Å²) in [6.45, 7) is 1.61. The number of Topliss-reactive ketones (excluding diaryl/α,β-unsaturated/α-hetero) is 2. The standard InChI is InChI=1S/C30H22ClN5O4/c1-2-25(37)30(40)34-20-12-11-17-13-23-26(35-36(27(23)22(17)15-20)21-9-4-3-5-10-21)28(38)24(16-32)29(39)33-19-8-6-7-18(31)14-19/h3-12,14-15,24H,2,13H2,1H3,(H,33,39)(H,34,40). The molecule has 1 unspecified atom stereocenters. The fraction of sp³-hybridized carbons (Fsp3) is 0.133. The van der Waals surface area contributed by atoms with Gasteiger partial charge in [0.05, 0.1) is 17.5 Å². The fourth-order valence-electron chi connectivity index (χ4n) is 4.58. The molecule has 1 aromatic heterocycles. The van der Waals surface area contributed by atoms with Crippen molar-refractivity contribution < 1.29 is 19.2 Å². The molecule has 1 atom stereocenters. The van der Waals surface area contributed by atoms with Crippen LogP contribution in [0.1, 0.15) is 35.0 Å². The van der Waals surface area contributed by atoms with Gasteiger partial charge in [0.15, 0.2) is 5.92 Å². The molecule has 1 aliphatic carbocycles. The van der Waals surface area contributed by atoms with E-state index in [0.29, 0.717) is 45.3 Å². The number of carbonyl (C=O) groups excluding carboxylic acids is 4. The molecule has 0 saturated carbocycles. The molecule has 0 bridgehead atoms. The number of ketones is 2. The first-order chi connectivity index (χ1) is 19.3. The van der Waals surface area contributed by atoms with E-state index >= 15 is 0 Å². The highest BCUT2D eigenvalue weighted by atomic mass is 35.5. The molecule has 5 rings (SSSR count). The van der Waals surface area contributed by atoms with Gasteiger partial charge in [0.25, 0.3) is 5.91 Å². The fourth-order valence-corrected chi connectivity index (χ4v) is 4.77. The Labute approximate surface area is 234 Å². The van der Waals surface area contributed by atoms with Crippen molar-refractivity contribution in [1.82, 2.24) is 9.78 Å². The van der Waals surface area contributed by atoms with Gasteiger partial charge in [-0.3, -0.25) is 19.2 Å². The van der Waals surface area contributed by atoms with Crippen LogP contribution >= 0.6 is 11.6 Å². The van der Waals surface area contributed by atoms with Crippen LogP contribution in [0.25, 0.3) is 16.9 Å². The van der Waals surface area contributed by atoms with E-state index < -0.39 is 29.3 Å². The van der Waals surface area contributed by atoms with Gasteiger partial charge in [-0.25, -0.2) is 4.68 Å². The predicted molar refractivity (Wildman–Crippen MR) is 149 cm³/mol. The SMILES string of the molecule is CCC(=O)C(=O)Nc1ccc2c(c1)-c1c(c(C(=O)C(C#N)C(=O)Nc3cccc(Cl)c3)nn1-c1ccccc1)C2. The third-order valence-corrected chi connectivity index (χ3v) is 6.76. The van der Waals surface area contributed by atoms with Crippen molar-refractivity contribution in [2.75, 3.05) is 10.6 Å². The van der Waals surface area contributed by atoms with E-state index in [4.69, 9.17) is 11.6 Å². The summed E-state index contributed by atoms with van der Waals surface area (Å²) in [6, 6.07) is 22.6. The highest BCUT2D eigenvalue weighted by Crippen LogP contribution is 2.41. The molecule has 198 valence electrons. The summed E-state index contributed by atoms with van der Waals surface area (Å²) in [7, 11) is 0. The van der Waals surface area contributed by atoms with Gasteiger partial charge in [0.1, 0.15) is 5.69 Å². The lowest BCUT2D eigenvalue weighted by molar-refractivity contribution is -0.134. The highest BCUT2D eigenvalue weighted by molar-refractivity contribution is 6.40. The van der Waals surface area contributed by atoms with Crippen molar-refractivity contribution in [3.05, 3.63) is 94.6 Å². The van der Waals surface area contributed by atoms with Gasteiger partial charge in [-0.2, -0.15) is 10.4 Å². The second-order valence-electron chi connectivity index (χ2n) is 9.13. The molecule has 3 aromatic carbocycles. The monoisotopic (exact) mass is 551 g/mol. The molecular formula is C30H22ClN5O4. The van der Waals surface area contributed by atoms with Gasteiger partial charge >= 0.3 is 0 Å². The molecule has 1 aliphatic rings. The van der Waals surface area contributed by atoms with Crippen molar-refractivity contribution in [2.45, 2.75) is 19.8 Å². The molecule has 9 nitrogen and oxygen atoms in total. The number of hydrogen-bond acceptors (Lipinski definition) is 6. The molecule has 0 spiro atoms. The minimum absolute atomic E-state index is 0.00888. The lowest BCUT2D eigenvalue weighted by Crippen LogP contribution is -2.29. The maximum atomic E-state index is 13.7. The van der Waals surface area contributed by atoms with Gasteiger partial charge < -0.3 is 10.6 Å². The van der Waals surface area contributed by atoms with Crippen LogP contribution < -0.4 is 10.6 Å². The number of nitrogens with one attached hydrogen (secondary N) is 2. The number of benzene rings is 3. The van der Waals surface area contributed by atoms with E-state index in [1.165, 1.54) is 6.07 Å². The van der Waals surface area contributed by atoms with Crippen molar-refractivity contribution >= 4 is 46.4 Å². The van der Waals surface area contributed by atoms with Crippen LogP contribution in [-0.4, -0.2) is 33.2 Å². The van der Waals surface area contributed by atoms with E-state index in [9.17, 15) is 24.4 Å². The van der Waals surface area contributed by atoms with E-state index in [2.05, 4.69) is 15.7 Å². The van der Waals surface area contributed by atoms with Crippen LogP contribution in [0.4, 0.5) is 11.4 Å². The number of hydrogen-bond donors (Lipinski definition) is 2. The molecule has 0 saturated heterocycles. The zero-order chi connectivity index (χ0) is 28.4. The Morgan fingerprint density at radius 1 is 1.00 bits per heavy atom. The van der Waals surface area contributed by atoms with Crippen molar-refractivity contribution in [3.8, 4) is 23.0 Å². The number of halogens is 1. The molecule has 0 aliphatic heterocycles. The molecule has 2 amide bonds. The Morgan fingerprint density at radius 2 is 1.75 bits per heavy atom. The molecular weight excluding hydrogens is 530 g/mol. The quantitative estimate of drug-likeness (QED) is 0.159. The smallest absolute Gasteiger partial charge is 0.291 e. The third kappa shape index (κ3) is 5.00.